The van der Waals surface area contributed by atoms with Crippen molar-refractivity contribution in [2.24, 2.45) is 0 Å². The molecule has 166 valence electrons. The molecule has 0 heterocycles. The molecule has 0 unspecified atom stereocenters. The molecule has 6 heteroatoms. The predicted octanol–water partition coefficient (Wildman–Crippen LogP) is 7.10. The van der Waals surface area contributed by atoms with Crippen LogP contribution < -0.4 is 0 Å². The molecule has 0 aliphatic heterocycles. The van der Waals surface area contributed by atoms with E-state index in [4.69, 9.17) is 9.47 Å². The smallest absolute Gasteiger partial charge is 0.305 e. The number of hydrogen-bond acceptors (Lipinski definition) is 4. The van der Waals surface area contributed by atoms with Gasteiger partial charge in [-0.15, -0.1) is 0 Å². The van der Waals surface area contributed by atoms with Crippen molar-refractivity contribution in [1.82, 2.24) is 0 Å². The van der Waals surface area contributed by atoms with Gasteiger partial charge in [-0.2, -0.15) is 0 Å². The Morgan fingerprint density at radius 1 is 0.464 bits per heavy atom. The van der Waals surface area contributed by atoms with Gasteiger partial charge in [0.25, 0.3) is 0 Å². The summed E-state index contributed by atoms with van der Waals surface area (Å²) in [4.78, 5) is 23.3. The van der Waals surface area contributed by atoms with E-state index < -0.39 is 0 Å². The first-order chi connectivity index (χ1) is 13.7. The Morgan fingerprint density at radius 3 is 1.14 bits per heavy atom. The summed E-state index contributed by atoms with van der Waals surface area (Å²) < 4.78 is 10.5. The van der Waals surface area contributed by atoms with Gasteiger partial charge in [0.1, 0.15) is 0 Å². The summed E-state index contributed by atoms with van der Waals surface area (Å²) in [5.74, 6) is -0.292. The highest BCUT2D eigenvalue weighted by Gasteiger charge is 2.06. The minimum absolute atomic E-state index is 0.146. The molecule has 0 amide bonds. The fourth-order valence-electron chi connectivity index (χ4n) is 2.86. The fraction of sp³-hybridized carbons (Fsp3) is 0.909. The topological polar surface area (TPSA) is 52.6 Å². The highest BCUT2D eigenvalue weighted by Crippen LogP contribution is 2.09. The second-order valence-corrected chi connectivity index (χ2v) is 8.85. The number of carbonyl (C=O) groups excluding carboxylic acids is 2. The molecule has 28 heavy (non-hydrogen) atoms. The van der Waals surface area contributed by atoms with Gasteiger partial charge in [-0.25, -0.2) is 0 Å². The molecule has 0 rings (SSSR count). The molecule has 4 nitrogen and oxygen atoms in total. The zero-order chi connectivity index (χ0) is 20.7. The van der Waals surface area contributed by atoms with Crippen LogP contribution >= 0.6 is 31.9 Å². The summed E-state index contributed by atoms with van der Waals surface area (Å²) in [5, 5.41) is 2.17. The Hall–Kier alpha value is -0.100. The minimum Gasteiger partial charge on any atom is -0.466 e. The van der Waals surface area contributed by atoms with Crippen molar-refractivity contribution in [2.45, 2.75) is 103 Å². The Morgan fingerprint density at radius 2 is 0.786 bits per heavy atom. The van der Waals surface area contributed by atoms with Crippen LogP contribution in [0.15, 0.2) is 0 Å². The summed E-state index contributed by atoms with van der Waals surface area (Å²) in [7, 11) is 0. The number of ether oxygens (including phenoxy) is 2. The molecule has 0 saturated heterocycles. The molecular weight excluding hydrogens is 488 g/mol. The molecule has 0 aromatic carbocycles. The molecule has 0 saturated carbocycles. The van der Waals surface area contributed by atoms with Crippen molar-refractivity contribution in [3.63, 3.8) is 0 Å². The molecule has 0 atom stereocenters. The normalized spacial score (nSPS) is 10.8. The number of hydrogen-bond donors (Lipinski definition) is 0. The second kappa shape index (κ2) is 23.2. The zero-order valence-electron chi connectivity index (χ0n) is 17.5. The standard InChI is InChI=1S/C22H40Br2O4/c23-17-11-5-1-3-7-13-19-27-21(25)15-9-10-16-22(26)28-20-14-8-4-2-6-12-18-24/h1-20H2. The molecule has 0 aromatic rings. The largest absolute Gasteiger partial charge is 0.466 e. The minimum atomic E-state index is -0.146. The van der Waals surface area contributed by atoms with Crippen LogP contribution in [-0.2, 0) is 19.1 Å². The van der Waals surface area contributed by atoms with Crippen molar-refractivity contribution >= 4 is 43.8 Å². The monoisotopic (exact) mass is 526 g/mol. The lowest BCUT2D eigenvalue weighted by atomic mass is 10.1. The van der Waals surface area contributed by atoms with Gasteiger partial charge in [-0.3, -0.25) is 9.59 Å². The summed E-state index contributed by atoms with van der Waals surface area (Å²) >= 11 is 6.87. The number of rotatable bonds is 21. The highest BCUT2D eigenvalue weighted by molar-refractivity contribution is 9.09. The summed E-state index contributed by atoms with van der Waals surface area (Å²) in [5.41, 5.74) is 0. The second-order valence-electron chi connectivity index (χ2n) is 7.27. The predicted molar refractivity (Wildman–Crippen MR) is 123 cm³/mol. The van der Waals surface area contributed by atoms with Crippen LogP contribution in [0.1, 0.15) is 103 Å². The highest BCUT2D eigenvalue weighted by atomic mass is 79.9. The van der Waals surface area contributed by atoms with Crippen molar-refractivity contribution in [3.8, 4) is 0 Å². The van der Waals surface area contributed by atoms with E-state index in [9.17, 15) is 9.59 Å². The molecule has 0 fully saturated rings. The first-order valence-corrected chi connectivity index (χ1v) is 13.4. The Bertz CT molecular complexity index is 330. The first-order valence-electron chi connectivity index (χ1n) is 11.1. The third kappa shape index (κ3) is 22.2. The van der Waals surface area contributed by atoms with E-state index in [-0.39, 0.29) is 11.9 Å². The van der Waals surface area contributed by atoms with Gasteiger partial charge < -0.3 is 9.47 Å². The lowest BCUT2D eigenvalue weighted by Gasteiger charge is -2.06. The molecule has 0 aliphatic rings. The molecule has 0 aliphatic carbocycles. The number of alkyl halides is 2. The van der Waals surface area contributed by atoms with Gasteiger partial charge in [0.2, 0.25) is 0 Å². The molecule has 0 aromatic heterocycles. The summed E-state index contributed by atoms with van der Waals surface area (Å²) in [6.45, 7) is 1.05. The summed E-state index contributed by atoms with van der Waals surface area (Å²) in [6.07, 6.45) is 16.3. The maximum Gasteiger partial charge on any atom is 0.305 e. The quantitative estimate of drug-likeness (QED) is 0.0906. The molecule has 0 spiro atoms. The molecule has 0 N–H and O–H groups in total. The SMILES string of the molecule is O=C(CCCCC(=O)OCCCCCCCCBr)OCCCCCCCCBr. The zero-order valence-corrected chi connectivity index (χ0v) is 20.7. The van der Waals surface area contributed by atoms with E-state index in [1.165, 1.54) is 51.4 Å². The van der Waals surface area contributed by atoms with Crippen molar-refractivity contribution in [1.29, 1.82) is 0 Å². The summed E-state index contributed by atoms with van der Waals surface area (Å²) in [6, 6.07) is 0. The van der Waals surface area contributed by atoms with Crippen LogP contribution in [0.5, 0.6) is 0 Å². The van der Waals surface area contributed by atoms with Crippen molar-refractivity contribution < 1.29 is 19.1 Å². The lowest BCUT2D eigenvalue weighted by molar-refractivity contribution is -0.146. The average Bonchev–Trinajstić information content (AvgIpc) is 2.69. The van der Waals surface area contributed by atoms with Crippen LogP contribution in [0.3, 0.4) is 0 Å². The first kappa shape index (κ1) is 27.9. The van der Waals surface area contributed by atoms with Crippen molar-refractivity contribution in [3.05, 3.63) is 0 Å². The van der Waals surface area contributed by atoms with Gasteiger partial charge in [0, 0.05) is 23.5 Å². The number of unbranched alkanes of at least 4 members (excludes halogenated alkanes) is 11. The molecule has 0 bridgehead atoms. The third-order valence-corrected chi connectivity index (χ3v) is 5.72. The Labute approximate surface area is 189 Å². The van der Waals surface area contributed by atoms with Gasteiger partial charge in [-0.05, 0) is 38.5 Å². The molecule has 0 radical (unpaired) electrons. The fourth-order valence-corrected chi connectivity index (χ4v) is 3.66. The van der Waals surface area contributed by atoms with E-state index in [0.29, 0.717) is 38.9 Å². The van der Waals surface area contributed by atoms with E-state index in [0.717, 1.165) is 36.3 Å². The van der Waals surface area contributed by atoms with E-state index >= 15 is 0 Å². The Kier molecular flexibility index (Phi) is 23.1. The van der Waals surface area contributed by atoms with E-state index in [1.807, 2.05) is 0 Å². The number of halogens is 2. The van der Waals surface area contributed by atoms with Crippen LogP contribution in [0.2, 0.25) is 0 Å². The van der Waals surface area contributed by atoms with E-state index in [1.54, 1.807) is 0 Å². The van der Waals surface area contributed by atoms with Gasteiger partial charge in [0.15, 0.2) is 0 Å². The van der Waals surface area contributed by atoms with Gasteiger partial charge in [-0.1, -0.05) is 83.2 Å². The van der Waals surface area contributed by atoms with Crippen LogP contribution in [0.25, 0.3) is 0 Å². The lowest BCUT2D eigenvalue weighted by Crippen LogP contribution is -2.08. The number of carbonyl (C=O) groups is 2. The van der Waals surface area contributed by atoms with Crippen molar-refractivity contribution in [2.75, 3.05) is 23.9 Å². The van der Waals surface area contributed by atoms with Gasteiger partial charge in [0.05, 0.1) is 13.2 Å². The van der Waals surface area contributed by atoms with Crippen LogP contribution in [0, 0.1) is 0 Å². The van der Waals surface area contributed by atoms with Gasteiger partial charge >= 0.3 is 11.9 Å². The van der Waals surface area contributed by atoms with Crippen LogP contribution in [0.4, 0.5) is 0 Å². The molecular formula is C22H40Br2O4. The maximum atomic E-state index is 11.7. The number of esters is 2. The van der Waals surface area contributed by atoms with Crippen LogP contribution in [-0.4, -0.2) is 35.8 Å². The maximum absolute atomic E-state index is 11.7. The average molecular weight is 528 g/mol. The third-order valence-electron chi connectivity index (χ3n) is 4.59. The Balaban J connectivity index is 3.30. The van der Waals surface area contributed by atoms with E-state index in [2.05, 4.69) is 31.9 Å².